The van der Waals surface area contributed by atoms with Crippen molar-refractivity contribution in [1.82, 2.24) is 5.32 Å². The lowest BCUT2D eigenvalue weighted by Gasteiger charge is -2.67. The highest BCUT2D eigenvalue weighted by Crippen LogP contribution is 2.64. The van der Waals surface area contributed by atoms with E-state index in [2.05, 4.69) is 5.32 Å². The van der Waals surface area contributed by atoms with Gasteiger partial charge in [-0.05, 0) is 60.4 Å². The van der Waals surface area contributed by atoms with Gasteiger partial charge < -0.3 is 59.7 Å². The van der Waals surface area contributed by atoms with Crippen LogP contribution >= 0.6 is 0 Å². The van der Waals surface area contributed by atoms with Gasteiger partial charge in [0.25, 0.3) is 5.91 Å². The molecule has 1 heterocycles. The number of hydrogen-bond donors (Lipinski definition) is 6. The average molecular weight is 1070 g/mol. The van der Waals surface area contributed by atoms with Crippen molar-refractivity contribution in [3.63, 3.8) is 0 Å². The van der Waals surface area contributed by atoms with Crippen LogP contribution in [0.25, 0.3) is 0 Å². The maximum atomic E-state index is 15.8. The van der Waals surface area contributed by atoms with Crippen molar-refractivity contribution in [2.75, 3.05) is 12.9 Å². The Morgan fingerprint density at radius 1 is 0.789 bits per heavy atom. The lowest BCUT2D eigenvalue weighted by molar-refractivity contribution is -0.346. The number of aliphatic hydroxyl groups excluding tert-OH is 3. The first-order chi connectivity index (χ1) is 35.7. The lowest BCUT2D eigenvalue weighted by Crippen LogP contribution is -2.82. The Labute approximate surface area is 438 Å². The van der Waals surface area contributed by atoms with Crippen molar-refractivity contribution in [1.29, 1.82) is 0 Å². The fraction of sp³-hybridized carbons (Fsp3) is 0.418. The quantitative estimate of drug-likeness (QED) is 0.0485. The Morgan fingerprint density at radius 3 is 1.80 bits per heavy atom. The summed E-state index contributed by atoms with van der Waals surface area (Å²) in [7, 11) is -3.92. The van der Waals surface area contributed by atoms with Crippen LogP contribution in [0.5, 0.6) is 0 Å². The number of Topliss-reactive ketones (excluding diaryl/α,β-unsaturated/α-hetero) is 1. The van der Waals surface area contributed by atoms with E-state index in [-0.39, 0.29) is 28.7 Å². The summed E-state index contributed by atoms with van der Waals surface area (Å²) in [6.07, 6.45) is -12.9. The number of aliphatic hydroxyl groups is 4. The van der Waals surface area contributed by atoms with Crippen molar-refractivity contribution in [2.45, 2.75) is 113 Å². The van der Waals surface area contributed by atoms with Crippen molar-refractivity contribution in [2.24, 2.45) is 22.5 Å². The van der Waals surface area contributed by atoms with Crippen LogP contribution in [0.2, 0.25) is 0 Å². The summed E-state index contributed by atoms with van der Waals surface area (Å²) in [5.74, 6) is -7.70. The number of benzene rings is 4. The molecule has 4 aromatic carbocycles. The topological polar surface area (TPSA) is 325 Å². The van der Waals surface area contributed by atoms with Crippen LogP contribution in [0.4, 0.5) is 0 Å². The molecule has 3 fully saturated rings. The van der Waals surface area contributed by atoms with Gasteiger partial charge in [0.05, 0.1) is 45.7 Å². The zero-order valence-corrected chi connectivity index (χ0v) is 43.2. The molecule has 13 atom stereocenters. The highest BCUT2D eigenvalue weighted by molar-refractivity contribution is 7.84. The second-order valence-corrected chi connectivity index (χ2v) is 21.7. The molecule has 8 rings (SSSR count). The first kappa shape index (κ1) is 57.0. The monoisotopic (exact) mass is 1070 g/mol. The van der Waals surface area contributed by atoms with Gasteiger partial charge >= 0.3 is 23.9 Å². The maximum Gasteiger partial charge on any atom is 0.338 e. The van der Waals surface area contributed by atoms with Crippen molar-refractivity contribution < 1.29 is 85.8 Å². The molecule has 76 heavy (non-hydrogen) atoms. The van der Waals surface area contributed by atoms with E-state index >= 15 is 4.79 Å². The first-order valence-corrected chi connectivity index (χ1v) is 26.1. The molecular weight excluding hydrogens is 1010 g/mol. The number of hydrogen-bond acceptors (Lipinski definition) is 19. The summed E-state index contributed by atoms with van der Waals surface area (Å²) in [5, 5.41) is 52.5. The Morgan fingerprint density at radius 2 is 1.29 bits per heavy atom. The predicted molar refractivity (Wildman–Crippen MR) is 267 cm³/mol. The molecule has 4 aromatic rings. The summed E-state index contributed by atoms with van der Waals surface area (Å²) < 4.78 is 58.1. The third-order valence-corrected chi connectivity index (χ3v) is 15.2. The normalized spacial score (nSPS) is 29.0. The molecule has 21 heteroatoms. The molecular formula is C55H61N2O18S-. The first-order valence-electron chi connectivity index (χ1n) is 24.3. The molecule has 1 aliphatic heterocycles. The van der Waals surface area contributed by atoms with E-state index in [0.29, 0.717) is 17.4 Å². The highest BCUT2D eigenvalue weighted by atomic mass is 32.2. The molecule has 0 spiro atoms. The molecule has 4 aliphatic rings. The van der Waals surface area contributed by atoms with E-state index in [1.54, 1.807) is 109 Å². The number of amides is 1. The standard InChI is InChI=1S/C54H58N2O15.CH4O3S/c1-29-35(68-50(65)43(60)40(32-20-12-7-13-21-32)56-47(62)33-22-14-8-15-23-33)27-54(66)46(70-48(63)34-24-16-9-17-25-34)44-52(5,45(61)41(58)38(29)51(54,3)4)36(26-37-53(44,28-67-37)71-30(2)57)69-49(64)42(59)39(55)31-18-10-6-11-19-31;1-5(2,3)4/h6-25,35-37,39-44,46,58-60,66H,26-28,55H2,1-5H3,(H,56,62);1H3,(H,2,3,4)/p-1/t35-,36-,37+,39?,40-,41+,42?,43+,44?,46?,52+,53-,54+;/m0./s1. The lowest BCUT2D eigenvalue weighted by atomic mass is 9.44. The largest absolute Gasteiger partial charge is 0.748 e. The molecule has 1 saturated heterocycles. The fourth-order valence-electron chi connectivity index (χ4n) is 11.3. The SMILES string of the molecule is CC(=O)O[C@@]12CO[C@@H]1C[C@H](OC(=O)C(O)C(N)c1ccccc1)[C@@]1(C)C(=O)[C@H](O)C3=C(C)[C@@H](OC(=O)[C@H](O)[C@@H](NC(=O)c4ccccc4)c4ccccc4)C[C@@](O)(C(OC(=O)c4ccccc4)C12)C3(C)C.CS(=O)(=O)[O-]. The van der Waals surface area contributed by atoms with Gasteiger partial charge in [-0.25, -0.2) is 22.8 Å². The summed E-state index contributed by atoms with van der Waals surface area (Å²) in [4.78, 5) is 85.6. The van der Waals surface area contributed by atoms with E-state index in [9.17, 15) is 44.4 Å². The number of esters is 4. The number of rotatable bonds is 13. The summed E-state index contributed by atoms with van der Waals surface area (Å²) >= 11 is 0. The van der Waals surface area contributed by atoms with Crippen LogP contribution in [0.1, 0.15) is 91.4 Å². The van der Waals surface area contributed by atoms with E-state index < -0.39 is 141 Å². The number of nitrogens with two attached hydrogens (primary N) is 1. The molecule has 1 amide bonds. The number of carbonyl (C=O) groups is 6. The van der Waals surface area contributed by atoms with Crippen LogP contribution < -0.4 is 11.1 Å². The highest BCUT2D eigenvalue weighted by Gasteiger charge is 2.79. The van der Waals surface area contributed by atoms with Crippen LogP contribution in [0.3, 0.4) is 0 Å². The second-order valence-electron chi connectivity index (χ2n) is 20.3. The Hall–Kier alpha value is -6.69. The molecule has 3 aliphatic carbocycles. The smallest absolute Gasteiger partial charge is 0.338 e. The van der Waals surface area contributed by atoms with Crippen molar-refractivity contribution in [3.8, 4) is 0 Å². The van der Waals surface area contributed by atoms with Crippen molar-refractivity contribution >= 4 is 45.7 Å². The zero-order chi connectivity index (χ0) is 55.7. The minimum absolute atomic E-state index is 0.0159. The van der Waals surface area contributed by atoms with E-state index in [1.807, 2.05) is 0 Å². The van der Waals surface area contributed by atoms with Gasteiger partial charge in [-0.1, -0.05) is 111 Å². The van der Waals surface area contributed by atoms with Gasteiger partial charge in [0.15, 0.2) is 23.6 Å². The number of ether oxygens (including phenoxy) is 5. The summed E-state index contributed by atoms with van der Waals surface area (Å²) in [6, 6.07) is 29.6. The molecule has 2 saturated carbocycles. The summed E-state index contributed by atoms with van der Waals surface area (Å²) in [6.45, 7) is 6.57. The number of carbonyl (C=O) groups excluding carboxylic acids is 6. The van der Waals surface area contributed by atoms with Gasteiger partial charge in [-0.15, -0.1) is 0 Å². The number of fused-ring (bicyclic) bond motifs is 5. The van der Waals surface area contributed by atoms with Gasteiger partial charge in [-0.3, -0.25) is 14.4 Å². The summed E-state index contributed by atoms with van der Waals surface area (Å²) in [5.41, 5.74) is -1.11. The number of ketones is 1. The van der Waals surface area contributed by atoms with E-state index in [1.165, 1.54) is 39.8 Å². The molecule has 7 N–H and O–H groups in total. The zero-order valence-electron chi connectivity index (χ0n) is 42.4. The second kappa shape index (κ2) is 22.1. The van der Waals surface area contributed by atoms with Crippen LogP contribution in [0, 0.1) is 16.7 Å². The van der Waals surface area contributed by atoms with Gasteiger partial charge in [0, 0.05) is 37.0 Å². The minimum atomic E-state index is -3.92. The van der Waals surface area contributed by atoms with Gasteiger partial charge in [0.2, 0.25) is 0 Å². The minimum Gasteiger partial charge on any atom is -0.748 e. The molecule has 0 aromatic heterocycles. The van der Waals surface area contributed by atoms with Gasteiger partial charge in [-0.2, -0.15) is 0 Å². The van der Waals surface area contributed by atoms with Gasteiger partial charge in [0.1, 0.15) is 36.1 Å². The predicted octanol–water partition coefficient (Wildman–Crippen LogP) is 2.94. The van der Waals surface area contributed by atoms with Crippen molar-refractivity contribution in [3.05, 3.63) is 155 Å². The third-order valence-electron chi connectivity index (χ3n) is 15.2. The average Bonchev–Trinajstić information content (AvgIpc) is 3.38. The molecule has 2 bridgehead atoms. The third kappa shape index (κ3) is 11.0. The van der Waals surface area contributed by atoms with E-state index in [0.717, 1.165) is 6.92 Å². The van der Waals surface area contributed by atoms with Crippen LogP contribution in [-0.4, -0.2) is 136 Å². The van der Waals surface area contributed by atoms with Crippen LogP contribution in [-0.2, 0) is 53.0 Å². The fourth-order valence-corrected chi connectivity index (χ4v) is 11.3. The van der Waals surface area contributed by atoms with Crippen LogP contribution in [0.15, 0.2) is 132 Å². The number of nitrogens with one attached hydrogen (secondary N) is 1. The Bertz CT molecular complexity index is 2950. The van der Waals surface area contributed by atoms with E-state index in [4.69, 9.17) is 42.4 Å². The maximum absolute atomic E-state index is 15.8. The molecule has 406 valence electrons. The molecule has 20 nitrogen and oxygen atoms in total. The Balaban J connectivity index is 0.00000160. The molecule has 4 unspecified atom stereocenters. The Kier molecular flexibility index (Phi) is 16.6. The molecule has 0 radical (unpaired) electrons.